The summed E-state index contributed by atoms with van der Waals surface area (Å²) in [5.41, 5.74) is 6.44. The van der Waals surface area contributed by atoms with E-state index < -0.39 is 17.7 Å². The predicted octanol–water partition coefficient (Wildman–Crippen LogP) is 3.84. The highest BCUT2D eigenvalue weighted by Gasteiger charge is 2.19. The van der Waals surface area contributed by atoms with Crippen molar-refractivity contribution < 1.29 is 8.78 Å². The third-order valence-electron chi connectivity index (χ3n) is 2.26. The molecule has 1 unspecified atom stereocenters. The topological polar surface area (TPSA) is 26.0 Å². The van der Waals surface area contributed by atoms with Crippen molar-refractivity contribution in [2.24, 2.45) is 5.73 Å². The summed E-state index contributed by atoms with van der Waals surface area (Å²) in [6, 6.07) is 3.42. The summed E-state index contributed by atoms with van der Waals surface area (Å²) in [6.45, 7) is 0. The largest absolute Gasteiger partial charge is 0.320 e. The van der Waals surface area contributed by atoms with Crippen molar-refractivity contribution in [2.45, 2.75) is 6.04 Å². The van der Waals surface area contributed by atoms with E-state index in [1.54, 1.807) is 11.4 Å². The average molecular weight is 304 g/mol. The molecule has 1 aromatic heterocycles. The zero-order valence-electron chi connectivity index (χ0n) is 8.08. The van der Waals surface area contributed by atoms with Crippen molar-refractivity contribution >= 4 is 27.3 Å². The molecule has 2 N–H and O–H groups in total. The number of hydrogen-bond acceptors (Lipinski definition) is 2. The molecule has 1 nitrogen and oxygen atoms in total. The van der Waals surface area contributed by atoms with Crippen LogP contribution in [-0.2, 0) is 0 Å². The Morgan fingerprint density at radius 2 is 1.88 bits per heavy atom. The third kappa shape index (κ3) is 2.16. The Morgan fingerprint density at radius 3 is 2.38 bits per heavy atom. The van der Waals surface area contributed by atoms with E-state index >= 15 is 0 Å². The van der Waals surface area contributed by atoms with Crippen LogP contribution in [0.5, 0.6) is 0 Å². The zero-order chi connectivity index (χ0) is 11.7. The van der Waals surface area contributed by atoms with Crippen LogP contribution in [0.3, 0.4) is 0 Å². The van der Waals surface area contributed by atoms with Crippen molar-refractivity contribution in [3.63, 3.8) is 0 Å². The molecule has 1 aromatic carbocycles. The van der Waals surface area contributed by atoms with Gasteiger partial charge in [-0.15, -0.1) is 0 Å². The molecule has 0 saturated heterocycles. The lowest BCUT2D eigenvalue weighted by Crippen LogP contribution is -2.15. The summed E-state index contributed by atoms with van der Waals surface area (Å²) in [6.07, 6.45) is 0. The van der Waals surface area contributed by atoms with Crippen LogP contribution in [0.1, 0.15) is 17.2 Å². The van der Waals surface area contributed by atoms with Gasteiger partial charge in [-0.2, -0.15) is 11.3 Å². The highest BCUT2D eigenvalue weighted by Crippen LogP contribution is 2.28. The van der Waals surface area contributed by atoms with Crippen LogP contribution in [-0.4, -0.2) is 0 Å². The molecule has 0 aliphatic rings. The number of thiophene rings is 1. The average Bonchev–Trinajstić information content (AvgIpc) is 2.67. The Morgan fingerprint density at radius 1 is 1.25 bits per heavy atom. The molecule has 2 aromatic rings. The number of rotatable bonds is 2. The highest BCUT2D eigenvalue weighted by atomic mass is 79.9. The number of halogens is 3. The van der Waals surface area contributed by atoms with Gasteiger partial charge in [0.15, 0.2) is 0 Å². The van der Waals surface area contributed by atoms with Gasteiger partial charge in [0.25, 0.3) is 0 Å². The minimum atomic E-state index is -0.764. The molecule has 0 spiro atoms. The summed E-state index contributed by atoms with van der Waals surface area (Å²) >= 11 is 4.47. The van der Waals surface area contributed by atoms with E-state index in [0.717, 1.165) is 0 Å². The maximum absolute atomic E-state index is 13.6. The molecule has 0 aliphatic carbocycles. The maximum atomic E-state index is 13.6. The second-order valence-corrected chi connectivity index (χ2v) is 5.01. The van der Waals surface area contributed by atoms with Crippen LogP contribution in [0.15, 0.2) is 33.4 Å². The third-order valence-corrected chi connectivity index (χ3v) is 3.42. The minimum Gasteiger partial charge on any atom is -0.320 e. The van der Waals surface area contributed by atoms with Crippen LogP contribution in [0.25, 0.3) is 0 Å². The summed E-state index contributed by atoms with van der Waals surface area (Å²) < 4.78 is 27.6. The van der Waals surface area contributed by atoms with E-state index in [-0.39, 0.29) is 5.56 Å². The molecule has 1 heterocycles. The van der Waals surface area contributed by atoms with Crippen molar-refractivity contribution in [3.05, 3.63) is 56.2 Å². The number of benzene rings is 1. The van der Waals surface area contributed by atoms with E-state index in [1.807, 2.05) is 5.38 Å². The van der Waals surface area contributed by atoms with Crippen molar-refractivity contribution in [1.29, 1.82) is 0 Å². The maximum Gasteiger partial charge on any atom is 0.132 e. The van der Waals surface area contributed by atoms with Crippen LogP contribution in [0.2, 0.25) is 0 Å². The molecule has 84 valence electrons. The Bertz CT molecular complexity index is 476. The van der Waals surface area contributed by atoms with Gasteiger partial charge in [0, 0.05) is 10.0 Å². The van der Waals surface area contributed by atoms with E-state index in [4.69, 9.17) is 5.73 Å². The first kappa shape index (κ1) is 11.7. The fourth-order valence-corrected chi connectivity index (χ4v) is 2.57. The van der Waals surface area contributed by atoms with E-state index in [9.17, 15) is 8.78 Å². The number of nitrogens with two attached hydrogens (primary N) is 1. The van der Waals surface area contributed by atoms with Gasteiger partial charge in [-0.25, -0.2) is 8.78 Å². The second kappa shape index (κ2) is 4.61. The lowest BCUT2D eigenvalue weighted by molar-refractivity contribution is 0.542. The predicted molar refractivity (Wildman–Crippen MR) is 64.4 cm³/mol. The van der Waals surface area contributed by atoms with Crippen molar-refractivity contribution in [2.75, 3.05) is 0 Å². The Balaban J connectivity index is 2.48. The Kier molecular flexibility index (Phi) is 3.37. The molecule has 0 fully saturated rings. The Labute approximate surface area is 104 Å². The van der Waals surface area contributed by atoms with E-state index in [2.05, 4.69) is 15.9 Å². The molecule has 0 saturated carbocycles. The van der Waals surface area contributed by atoms with Gasteiger partial charge in [0.1, 0.15) is 11.6 Å². The van der Waals surface area contributed by atoms with E-state index in [0.29, 0.717) is 10.0 Å². The van der Waals surface area contributed by atoms with Crippen LogP contribution in [0.4, 0.5) is 8.78 Å². The summed E-state index contributed by atoms with van der Waals surface area (Å²) in [5.74, 6) is -1.27. The summed E-state index contributed by atoms with van der Waals surface area (Å²) in [5, 5.41) is 3.61. The SMILES string of the molecule is NC(c1ccsc1)c1c(F)cc(Br)cc1F. The molecule has 0 bridgehead atoms. The second-order valence-electron chi connectivity index (χ2n) is 3.32. The lowest BCUT2D eigenvalue weighted by atomic mass is 10.0. The molecule has 2 rings (SSSR count). The van der Waals surface area contributed by atoms with Crippen molar-refractivity contribution in [3.8, 4) is 0 Å². The monoisotopic (exact) mass is 303 g/mol. The first-order chi connectivity index (χ1) is 7.59. The minimum absolute atomic E-state index is 0.0957. The quantitative estimate of drug-likeness (QED) is 0.896. The highest BCUT2D eigenvalue weighted by molar-refractivity contribution is 9.10. The fraction of sp³-hybridized carbons (Fsp3) is 0.0909. The molecule has 0 aliphatic heterocycles. The van der Waals surface area contributed by atoms with Crippen LogP contribution < -0.4 is 5.73 Å². The summed E-state index contributed by atoms with van der Waals surface area (Å²) in [7, 11) is 0. The molecular weight excluding hydrogens is 296 g/mol. The Hall–Kier alpha value is -0.780. The molecule has 0 radical (unpaired) electrons. The lowest BCUT2D eigenvalue weighted by Gasteiger charge is -2.13. The van der Waals surface area contributed by atoms with Crippen LogP contribution >= 0.6 is 27.3 Å². The molecule has 16 heavy (non-hydrogen) atoms. The van der Waals surface area contributed by atoms with Gasteiger partial charge >= 0.3 is 0 Å². The van der Waals surface area contributed by atoms with Crippen LogP contribution in [0, 0.1) is 11.6 Å². The standard InChI is InChI=1S/C11H8BrF2NS/c12-7-3-8(13)10(9(14)4-7)11(15)6-1-2-16-5-6/h1-5,11H,15H2. The molecule has 1 atom stereocenters. The smallest absolute Gasteiger partial charge is 0.132 e. The fourth-order valence-electron chi connectivity index (χ4n) is 1.47. The first-order valence-corrected chi connectivity index (χ1v) is 6.25. The van der Waals surface area contributed by atoms with Gasteiger partial charge < -0.3 is 5.73 Å². The molecule has 5 heteroatoms. The first-order valence-electron chi connectivity index (χ1n) is 4.51. The van der Waals surface area contributed by atoms with Gasteiger partial charge in [0.2, 0.25) is 0 Å². The molecule has 0 amide bonds. The zero-order valence-corrected chi connectivity index (χ0v) is 10.5. The molecular formula is C11H8BrF2NS. The van der Waals surface area contributed by atoms with Crippen molar-refractivity contribution in [1.82, 2.24) is 0 Å². The number of hydrogen-bond donors (Lipinski definition) is 1. The van der Waals surface area contributed by atoms with Gasteiger partial charge in [-0.3, -0.25) is 0 Å². The van der Waals surface area contributed by atoms with Gasteiger partial charge in [0.05, 0.1) is 6.04 Å². The summed E-state index contributed by atoms with van der Waals surface area (Å²) in [4.78, 5) is 0. The van der Waals surface area contributed by atoms with E-state index in [1.165, 1.54) is 23.5 Å². The van der Waals surface area contributed by atoms with Gasteiger partial charge in [-0.05, 0) is 34.5 Å². The normalized spacial score (nSPS) is 12.8. The van der Waals surface area contributed by atoms with Gasteiger partial charge in [-0.1, -0.05) is 15.9 Å².